The number of imidazole rings is 1. The molecule has 0 aliphatic rings. The summed E-state index contributed by atoms with van der Waals surface area (Å²) in [6, 6.07) is 0. The summed E-state index contributed by atoms with van der Waals surface area (Å²) in [5.74, 6) is 0. The summed E-state index contributed by atoms with van der Waals surface area (Å²) in [7, 11) is 0. The highest BCUT2D eigenvalue weighted by molar-refractivity contribution is 5.70. The van der Waals surface area contributed by atoms with Crippen molar-refractivity contribution in [3.63, 3.8) is 0 Å². The summed E-state index contributed by atoms with van der Waals surface area (Å²) in [4.78, 5) is 13.9. The Balaban J connectivity index is 2.23. The van der Waals surface area contributed by atoms with E-state index in [0.29, 0.717) is 6.29 Å². The molecular weight excluding hydrogens is 213 g/mol. The van der Waals surface area contributed by atoms with Gasteiger partial charge in [-0.25, -0.2) is 4.98 Å². The van der Waals surface area contributed by atoms with Crippen LogP contribution in [0.4, 0.5) is 13.2 Å². The maximum atomic E-state index is 11.6. The predicted molar refractivity (Wildman–Crippen MR) is 44.5 cm³/mol. The molecule has 4 nitrogen and oxygen atoms in total. The van der Waals surface area contributed by atoms with Crippen LogP contribution in [0.2, 0.25) is 0 Å². The third kappa shape index (κ3) is 4.59. The Labute approximate surface area is 83.7 Å². The van der Waals surface area contributed by atoms with Gasteiger partial charge in [0.05, 0.1) is 12.9 Å². The number of rotatable bonds is 5. The number of hydrogen-bond acceptors (Lipinski definition) is 3. The summed E-state index contributed by atoms with van der Waals surface area (Å²) in [6.07, 6.45) is -0.944. The summed E-state index contributed by atoms with van der Waals surface area (Å²) in [5.41, 5.74) is 0.242. The van der Waals surface area contributed by atoms with E-state index in [9.17, 15) is 18.0 Å². The lowest BCUT2D eigenvalue weighted by atomic mass is 10.5. The number of halogens is 3. The Bertz CT molecular complexity index is 322. The average Bonchev–Trinajstić information content (AvgIpc) is 2.59. The van der Waals surface area contributed by atoms with Gasteiger partial charge in [0.1, 0.15) is 12.3 Å². The summed E-state index contributed by atoms with van der Waals surface area (Å²) in [5, 5.41) is 0. The fourth-order valence-electron chi connectivity index (χ4n) is 0.918. The smallest absolute Gasteiger partial charge is 0.370 e. The Morgan fingerprint density at radius 1 is 1.53 bits per heavy atom. The Hall–Kier alpha value is -1.37. The van der Waals surface area contributed by atoms with Gasteiger partial charge in [-0.05, 0) is 0 Å². The van der Waals surface area contributed by atoms with Crippen molar-refractivity contribution in [1.82, 2.24) is 9.55 Å². The van der Waals surface area contributed by atoms with Crippen molar-refractivity contribution < 1.29 is 22.7 Å². The van der Waals surface area contributed by atoms with Gasteiger partial charge >= 0.3 is 6.18 Å². The lowest BCUT2D eigenvalue weighted by molar-refractivity contribution is -0.174. The zero-order valence-corrected chi connectivity index (χ0v) is 7.70. The molecule has 1 heterocycles. The van der Waals surface area contributed by atoms with Crippen LogP contribution in [-0.2, 0) is 11.3 Å². The maximum Gasteiger partial charge on any atom is 0.411 e. The highest BCUT2D eigenvalue weighted by Crippen LogP contribution is 2.14. The molecule has 0 unspecified atom stereocenters. The quantitative estimate of drug-likeness (QED) is 0.556. The van der Waals surface area contributed by atoms with E-state index in [1.54, 1.807) is 0 Å². The normalized spacial score (nSPS) is 11.7. The molecule has 0 N–H and O–H groups in total. The molecule has 0 saturated carbocycles. The van der Waals surface area contributed by atoms with E-state index in [2.05, 4.69) is 9.72 Å². The number of nitrogens with zero attached hydrogens (tertiary/aromatic N) is 2. The van der Waals surface area contributed by atoms with Crippen molar-refractivity contribution in [2.24, 2.45) is 0 Å². The third-order valence-corrected chi connectivity index (χ3v) is 1.53. The van der Waals surface area contributed by atoms with Crippen molar-refractivity contribution >= 4 is 6.29 Å². The van der Waals surface area contributed by atoms with Gasteiger partial charge in [0.2, 0.25) is 0 Å². The first-order chi connectivity index (χ1) is 7.01. The van der Waals surface area contributed by atoms with Crippen LogP contribution in [-0.4, -0.2) is 35.2 Å². The van der Waals surface area contributed by atoms with E-state index in [4.69, 9.17) is 0 Å². The number of aldehydes is 1. The van der Waals surface area contributed by atoms with Crippen LogP contribution in [0.15, 0.2) is 12.5 Å². The molecule has 7 heteroatoms. The topological polar surface area (TPSA) is 44.1 Å². The summed E-state index contributed by atoms with van der Waals surface area (Å²) in [6.45, 7) is -1.10. The molecule has 0 aliphatic carbocycles. The van der Waals surface area contributed by atoms with Crippen molar-refractivity contribution in [3.05, 3.63) is 18.2 Å². The number of hydrogen-bond donors (Lipinski definition) is 0. The molecule has 1 aromatic heterocycles. The Kier molecular flexibility index (Phi) is 3.84. The lowest BCUT2D eigenvalue weighted by Crippen LogP contribution is -2.18. The van der Waals surface area contributed by atoms with Crippen LogP contribution < -0.4 is 0 Å². The van der Waals surface area contributed by atoms with E-state index < -0.39 is 12.8 Å². The second kappa shape index (κ2) is 4.92. The zero-order chi connectivity index (χ0) is 11.3. The van der Waals surface area contributed by atoms with Gasteiger partial charge in [0.15, 0.2) is 6.29 Å². The molecule has 15 heavy (non-hydrogen) atoms. The minimum Gasteiger partial charge on any atom is -0.370 e. The van der Waals surface area contributed by atoms with Gasteiger partial charge in [-0.3, -0.25) is 4.79 Å². The standard InChI is InChI=1S/C8H9F3N2O2/c9-8(10,11)5-15-2-1-13-3-7(4-14)12-6-13/h3-4,6H,1-2,5H2. The minimum atomic E-state index is -4.30. The van der Waals surface area contributed by atoms with Crippen molar-refractivity contribution in [1.29, 1.82) is 0 Å². The van der Waals surface area contributed by atoms with Gasteiger partial charge in [0, 0.05) is 12.7 Å². The first-order valence-corrected chi connectivity index (χ1v) is 4.13. The van der Waals surface area contributed by atoms with Crippen LogP contribution in [0.5, 0.6) is 0 Å². The molecule has 0 amide bonds. The van der Waals surface area contributed by atoms with E-state index >= 15 is 0 Å². The largest absolute Gasteiger partial charge is 0.411 e. The predicted octanol–water partition coefficient (Wildman–Crippen LogP) is 1.27. The number of carbonyl (C=O) groups excluding carboxylic acids is 1. The average molecular weight is 222 g/mol. The van der Waals surface area contributed by atoms with E-state index in [0.717, 1.165) is 0 Å². The van der Waals surface area contributed by atoms with E-state index in [-0.39, 0.29) is 18.8 Å². The second-order valence-electron chi connectivity index (χ2n) is 2.82. The molecule has 0 radical (unpaired) electrons. The van der Waals surface area contributed by atoms with Crippen LogP contribution in [0, 0.1) is 0 Å². The summed E-state index contributed by atoms with van der Waals surface area (Å²) >= 11 is 0. The lowest BCUT2D eigenvalue weighted by Gasteiger charge is -2.07. The number of ether oxygens (including phenoxy) is 1. The highest BCUT2D eigenvalue weighted by atomic mass is 19.4. The number of aromatic nitrogens is 2. The van der Waals surface area contributed by atoms with Crippen molar-refractivity contribution in [2.45, 2.75) is 12.7 Å². The van der Waals surface area contributed by atoms with E-state index in [1.807, 2.05) is 0 Å². The molecule has 0 bridgehead atoms. The van der Waals surface area contributed by atoms with Crippen LogP contribution in [0.1, 0.15) is 10.5 Å². The third-order valence-electron chi connectivity index (χ3n) is 1.53. The van der Waals surface area contributed by atoms with Gasteiger partial charge in [0.25, 0.3) is 0 Å². The van der Waals surface area contributed by atoms with Gasteiger partial charge in [-0.1, -0.05) is 0 Å². The Morgan fingerprint density at radius 2 is 2.27 bits per heavy atom. The monoisotopic (exact) mass is 222 g/mol. The minimum absolute atomic E-state index is 0.0752. The SMILES string of the molecule is O=Cc1cn(CCOCC(F)(F)F)cn1. The fourth-order valence-corrected chi connectivity index (χ4v) is 0.918. The fraction of sp³-hybridized carbons (Fsp3) is 0.500. The van der Waals surface area contributed by atoms with Gasteiger partial charge in [-0.15, -0.1) is 0 Å². The molecule has 0 aromatic carbocycles. The number of carbonyl (C=O) groups is 1. The molecule has 0 atom stereocenters. The van der Waals surface area contributed by atoms with Gasteiger partial charge < -0.3 is 9.30 Å². The maximum absolute atomic E-state index is 11.6. The second-order valence-corrected chi connectivity index (χ2v) is 2.82. The van der Waals surface area contributed by atoms with Crippen LogP contribution in [0.3, 0.4) is 0 Å². The first-order valence-electron chi connectivity index (χ1n) is 4.13. The molecule has 0 aliphatic heterocycles. The van der Waals surface area contributed by atoms with Crippen molar-refractivity contribution in [2.75, 3.05) is 13.2 Å². The molecule has 0 spiro atoms. The van der Waals surface area contributed by atoms with Crippen molar-refractivity contribution in [3.8, 4) is 0 Å². The molecule has 1 rings (SSSR count). The highest BCUT2D eigenvalue weighted by Gasteiger charge is 2.27. The molecule has 1 aromatic rings. The number of alkyl halides is 3. The molecule has 0 fully saturated rings. The molecular formula is C8H9F3N2O2. The van der Waals surface area contributed by atoms with Crippen LogP contribution in [0.25, 0.3) is 0 Å². The van der Waals surface area contributed by atoms with E-state index in [1.165, 1.54) is 17.1 Å². The molecule has 84 valence electrons. The van der Waals surface area contributed by atoms with Gasteiger partial charge in [-0.2, -0.15) is 13.2 Å². The molecule has 0 saturated heterocycles. The summed E-state index contributed by atoms with van der Waals surface area (Å²) < 4.78 is 40.8. The zero-order valence-electron chi connectivity index (χ0n) is 7.70. The Morgan fingerprint density at radius 3 is 2.80 bits per heavy atom. The first kappa shape index (κ1) is 11.7. The van der Waals surface area contributed by atoms with Crippen LogP contribution >= 0.6 is 0 Å².